The van der Waals surface area contributed by atoms with Gasteiger partial charge in [-0.2, -0.15) is 0 Å². The van der Waals surface area contributed by atoms with Crippen molar-refractivity contribution in [2.75, 3.05) is 25.0 Å². The fourth-order valence-corrected chi connectivity index (χ4v) is 2.69. The molecule has 1 saturated heterocycles. The molecular formula is C16H25N3O2. The summed E-state index contributed by atoms with van der Waals surface area (Å²) in [7, 11) is 0. The van der Waals surface area contributed by atoms with Crippen LogP contribution in [0.4, 0.5) is 5.82 Å². The lowest BCUT2D eigenvalue weighted by Crippen LogP contribution is -2.48. The van der Waals surface area contributed by atoms with E-state index in [9.17, 15) is 4.79 Å². The first-order chi connectivity index (χ1) is 10.0. The zero-order valence-electron chi connectivity index (χ0n) is 13.3. The van der Waals surface area contributed by atoms with Crippen molar-refractivity contribution < 1.29 is 9.53 Å². The number of aryl methyl sites for hydroxylation is 1. The minimum Gasteiger partial charge on any atom is -0.372 e. The topological polar surface area (TPSA) is 54.5 Å². The highest BCUT2D eigenvalue weighted by molar-refractivity contribution is 5.95. The van der Waals surface area contributed by atoms with Gasteiger partial charge in [-0.05, 0) is 39.3 Å². The van der Waals surface area contributed by atoms with Gasteiger partial charge in [0.05, 0.1) is 12.2 Å². The molecule has 1 N–H and O–H groups in total. The minimum atomic E-state index is 0.0632. The van der Waals surface area contributed by atoms with Crippen molar-refractivity contribution in [1.29, 1.82) is 0 Å². The number of aromatic nitrogens is 1. The Morgan fingerprint density at radius 3 is 2.57 bits per heavy atom. The maximum atomic E-state index is 12.7. The van der Waals surface area contributed by atoms with Gasteiger partial charge in [0, 0.05) is 30.9 Å². The van der Waals surface area contributed by atoms with Crippen molar-refractivity contribution in [3.8, 4) is 0 Å². The zero-order valence-corrected chi connectivity index (χ0v) is 13.3. The number of morpholine rings is 1. The Labute approximate surface area is 126 Å². The fraction of sp³-hybridized carbons (Fsp3) is 0.625. The first-order valence-corrected chi connectivity index (χ1v) is 7.73. The number of hydrogen-bond donors (Lipinski definition) is 1. The summed E-state index contributed by atoms with van der Waals surface area (Å²) in [5, 5.41) is 3.19. The third-order valence-electron chi connectivity index (χ3n) is 3.55. The Balaban J connectivity index is 2.23. The van der Waals surface area contributed by atoms with Crippen LogP contribution >= 0.6 is 0 Å². The molecule has 5 heteroatoms. The van der Waals surface area contributed by atoms with E-state index in [-0.39, 0.29) is 18.1 Å². The van der Waals surface area contributed by atoms with Gasteiger partial charge in [-0.3, -0.25) is 4.79 Å². The van der Waals surface area contributed by atoms with Crippen molar-refractivity contribution in [2.45, 2.75) is 46.3 Å². The van der Waals surface area contributed by atoms with Gasteiger partial charge in [-0.25, -0.2) is 4.98 Å². The second kappa shape index (κ2) is 6.89. The highest BCUT2D eigenvalue weighted by Gasteiger charge is 2.27. The van der Waals surface area contributed by atoms with Crippen LogP contribution in [0.5, 0.6) is 0 Å². The van der Waals surface area contributed by atoms with E-state index in [1.54, 1.807) is 0 Å². The lowest BCUT2D eigenvalue weighted by atomic mass is 10.1. The number of anilines is 1. The maximum Gasteiger partial charge on any atom is 0.254 e. The van der Waals surface area contributed by atoms with Crippen molar-refractivity contribution in [1.82, 2.24) is 9.88 Å². The van der Waals surface area contributed by atoms with E-state index in [0.717, 1.165) is 24.5 Å². The van der Waals surface area contributed by atoms with E-state index in [2.05, 4.69) is 10.3 Å². The summed E-state index contributed by atoms with van der Waals surface area (Å²) in [6.07, 6.45) is 0.979. The zero-order chi connectivity index (χ0) is 15.4. The molecule has 0 spiro atoms. The normalized spacial score (nSPS) is 22.2. The van der Waals surface area contributed by atoms with Gasteiger partial charge in [0.25, 0.3) is 5.91 Å². The largest absolute Gasteiger partial charge is 0.372 e. The molecule has 1 aromatic heterocycles. The molecule has 0 aliphatic carbocycles. The van der Waals surface area contributed by atoms with Gasteiger partial charge in [0.15, 0.2) is 0 Å². The molecule has 1 amide bonds. The summed E-state index contributed by atoms with van der Waals surface area (Å²) < 4.78 is 5.69. The third kappa shape index (κ3) is 3.94. The molecule has 0 saturated carbocycles. The average Bonchev–Trinajstić information content (AvgIpc) is 2.45. The van der Waals surface area contributed by atoms with Gasteiger partial charge < -0.3 is 15.0 Å². The molecule has 0 radical (unpaired) electrons. The predicted molar refractivity (Wildman–Crippen MR) is 83.7 cm³/mol. The molecule has 116 valence electrons. The molecule has 0 bridgehead atoms. The number of carbonyl (C=O) groups excluding carboxylic acids is 1. The second-order valence-electron chi connectivity index (χ2n) is 5.58. The third-order valence-corrected chi connectivity index (χ3v) is 3.55. The molecule has 1 aliphatic heterocycles. The quantitative estimate of drug-likeness (QED) is 0.925. The van der Waals surface area contributed by atoms with Crippen molar-refractivity contribution >= 4 is 11.7 Å². The van der Waals surface area contributed by atoms with Crippen LogP contribution in [-0.4, -0.2) is 47.6 Å². The number of amides is 1. The van der Waals surface area contributed by atoms with E-state index in [1.165, 1.54) is 0 Å². The lowest BCUT2D eigenvalue weighted by molar-refractivity contribution is -0.0586. The molecule has 2 rings (SSSR count). The highest BCUT2D eigenvalue weighted by atomic mass is 16.5. The molecule has 21 heavy (non-hydrogen) atoms. The number of nitrogens with zero attached hydrogens (tertiary/aromatic N) is 2. The van der Waals surface area contributed by atoms with E-state index in [4.69, 9.17) is 4.74 Å². The first-order valence-electron chi connectivity index (χ1n) is 7.73. The number of ether oxygens (including phenoxy) is 1. The maximum absolute atomic E-state index is 12.7. The van der Waals surface area contributed by atoms with E-state index in [1.807, 2.05) is 44.7 Å². The molecule has 5 nitrogen and oxygen atoms in total. The molecule has 1 aromatic rings. The summed E-state index contributed by atoms with van der Waals surface area (Å²) in [5.74, 6) is 0.836. The Morgan fingerprint density at radius 2 is 2.00 bits per heavy atom. The van der Waals surface area contributed by atoms with Crippen molar-refractivity contribution in [2.24, 2.45) is 0 Å². The molecule has 0 aromatic carbocycles. The number of hydrogen-bond acceptors (Lipinski definition) is 4. The Bertz CT molecular complexity index is 494. The Hall–Kier alpha value is -1.62. The number of pyridine rings is 1. The van der Waals surface area contributed by atoms with Gasteiger partial charge in [-0.15, -0.1) is 0 Å². The molecule has 2 atom stereocenters. The summed E-state index contributed by atoms with van der Waals surface area (Å²) in [6.45, 7) is 10.2. The van der Waals surface area contributed by atoms with Crippen molar-refractivity contribution in [3.63, 3.8) is 0 Å². The Kier molecular flexibility index (Phi) is 5.17. The van der Waals surface area contributed by atoms with Crippen molar-refractivity contribution in [3.05, 3.63) is 23.4 Å². The molecule has 1 fully saturated rings. The summed E-state index contributed by atoms with van der Waals surface area (Å²) in [5.41, 5.74) is 1.64. The summed E-state index contributed by atoms with van der Waals surface area (Å²) >= 11 is 0. The van der Waals surface area contributed by atoms with Crippen LogP contribution in [0.25, 0.3) is 0 Å². The molecular weight excluding hydrogens is 266 g/mol. The van der Waals surface area contributed by atoms with Crippen LogP contribution in [0.3, 0.4) is 0 Å². The SMILES string of the molecule is CCNc1cc(C(=O)N2CC(C)OC(C)C2)cc(CC)n1. The first kappa shape index (κ1) is 15.8. The monoisotopic (exact) mass is 291 g/mol. The fourth-order valence-electron chi connectivity index (χ4n) is 2.69. The van der Waals surface area contributed by atoms with Crippen LogP contribution in [-0.2, 0) is 11.2 Å². The summed E-state index contributed by atoms with van der Waals surface area (Å²) in [4.78, 5) is 19.1. The van der Waals surface area contributed by atoms with Crippen LogP contribution in [0.2, 0.25) is 0 Å². The number of rotatable bonds is 4. The second-order valence-corrected chi connectivity index (χ2v) is 5.58. The van der Waals surface area contributed by atoms with E-state index in [0.29, 0.717) is 18.7 Å². The highest BCUT2D eigenvalue weighted by Crippen LogP contribution is 2.17. The van der Waals surface area contributed by atoms with Crippen LogP contribution in [0.1, 0.15) is 43.7 Å². The van der Waals surface area contributed by atoms with Gasteiger partial charge >= 0.3 is 0 Å². The smallest absolute Gasteiger partial charge is 0.254 e. The summed E-state index contributed by atoms with van der Waals surface area (Å²) in [6, 6.07) is 3.74. The average molecular weight is 291 g/mol. The van der Waals surface area contributed by atoms with Gasteiger partial charge in [-0.1, -0.05) is 6.92 Å². The molecule has 2 heterocycles. The van der Waals surface area contributed by atoms with E-state index < -0.39 is 0 Å². The van der Waals surface area contributed by atoms with Crippen LogP contribution < -0.4 is 5.32 Å². The standard InChI is InChI=1S/C16H25N3O2/c1-5-14-7-13(8-15(18-14)17-6-2)16(20)19-9-11(3)21-12(4)10-19/h7-8,11-12H,5-6,9-10H2,1-4H3,(H,17,18). The molecule has 2 unspecified atom stereocenters. The van der Waals surface area contributed by atoms with Crippen LogP contribution in [0, 0.1) is 0 Å². The molecule has 1 aliphatic rings. The van der Waals surface area contributed by atoms with Crippen LogP contribution in [0.15, 0.2) is 12.1 Å². The number of nitrogens with one attached hydrogen (secondary N) is 1. The van der Waals surface area contributed by atoms with Gasteiger partial charge in [0.2, 0.25) is 0 Å². The lowest BCUT2D eigenvalue weighted by Gasteiger charge is -2.35. The Morgan fingerprint density at radius 1 is 1.33 bits per heavy atom. The number of carbonyl (C=O) groups is 1. The van der Waals surface area contributed by atoms with Gasteiger partial charge in [0.1, 0.15) is 5.82 Å². The van der Waals surface area contributed by atoms with E-state index >= 15 is 0 Å². The minimum absolute atomic E-state index is 0.0632. The predicted octanol–water partition coefficient (Wildman–Crippen LogP) is 2.33.